The van der Waals surface area contributed by atoms with E-state index in [0.29, 0.717) is 5.75 Å². The Morgan fingerprint density at radius 3 is 2.75 bits per heavy atom. The highest BCUT2D eigenvalue weighted by atomic mass is 127. The van der Waals surface area contributed by atoms with Crippen molar-refractivity contribution >= 4 is 40.2 Å². The smallest absolute Gasteiger partial charge is 0.335 e. The van der Waals surface area contributed by atoms with Gasteiger partial charge in [0.15, 0.2) is 0 Å². The molecule has 0 bridgehead atoms. The van der Waals surface area contributed by atoms with Gasteiger partial charge in [-0.15, -0.1) is 0 Å². The monoisotopic (exact) mass is 406 g/mol. The molecule has 0 aliphatic carbocycles. The number of benzene rings is 2. The molecule has 20 heavy (non-hydrogen) atoms. The molecule has 0 aliphatic rings. The van der Waals surface area contributed by atoms with Crippen LogP contribution in [0.4, 0.5) is 4.39 Å². The van der Waals surface area contributed by atoms with Gasteiger partial charge < -0.3 is 9.84 Å². The van der Waals surface area contributed by atoms with E-state index >= 15 is 0 Å². The van der Waals surface area contributed by atoms with Crippen molar-refractivity contribution in [3.8, 4) is 5.75 Å². The van der Waals surface area contributed by atoms with Crippen LogP contribution in [-0.4, -0.2) is 11.1 Å². The minimum atomic E-state index is -1.05. The molecule has 104 valence electrons. The second-order valence-electron chi connectivity index (χ2n) is 3.94. The van der Waals surface area contributed by atoms with Gasteiger partial charge in [0.1, 0.15) is 18.2 Å². The van der Waals surface area contributed by atoms with Crippen LogP contribution in [0.25, 0.3) is 0 Å². The molecule has 2 rings (SSSR count). The van der Waals surface area contributed by atoms with E-state index in [1.165, 1.54) is 24.3 Å². The second kappa shape index (κ2) is 6.41. The number of carboxylic acid groups (broad SMARTS) is 1. The molecule has 2 aromatic carbocycles. The normalized spacial score (nSPS) is 10.3. The Bertz CT molecular complexity index is 641. The Kier molecular flexibility index (Phi) is 4.82. The van der Waals surface area contributed by atoms with Crippen LogP contribution >= 0.6 is 34.2 Å². The number of carboxylic acids is 1. The van der Waals surface area contributed by atoms with Crippen LogP contribution in [0.5, 0.6) is 5.75 Å². The summed E-state index contributed by atoms with van der Waals surface area (Å²) in [5.41, 5.74) is 0.353. The number of halogens is 3. The zero-order valence-electron chi connectivity index (χ0n) is 10.1. The lowest BCUT2D eigenvalue weighted by Crippen LogP contribution is -2.03. The molecule has 0 saturated heterocycles. The van der Waals surface area contributed by atoms with Gasteiger partial charge in [-0.1, -0.05) is 17.7 Å². The Labute approximate surface area is 133 Å². The molecule has 0 radical (unpaired) electrons. The fourth-order valence-corrected chi connectivity index (χ4v) is 2.28. The largest absolute Gasteiger partial charge is 0.488 e. The van der Waals surface area contributed by atoms with Gasteiger partial charge in [0.05, 0.1) is 14.2 Å². The van der Waals surface area contributed by atoms with Gasteiger partial charge in [-0.05, 0) is 52.9 Å². The number of hydrogen-bond acceptors (Lipinski definition) is 2. The van der Waals surface area contributed by atoms with E-state index < -0.39 is 11.8 Å². The van der Waals surface area contributed by atoms with Crippen molar-refractivity contribution in [2.24, 2.45) is 0 Å². The molecule has 2 aromatic rings. The van der Waals surface area contributed by atoms with Gasteiger partial charge >= 0.3 is 5.97 Å². The molecule has 0 amide bonds. The van der Waals surface area contributed by atoms with Crippen LogP contribution in [0.1, 0.15) is 15.9 Å². The highest BCUT2D eigenvalue weighted by Gasteiger charge is 2.11. The first kappa shape index (κ1) is 15.1. The average Bonchev–Trinajstić information content (AvgIpc) is 2.39. The SMILES string of the molecule is O=C(O)c1ccc(I)c(OCc2c(F)cccc2Cl)c1. The molecular formula is C14H9ClFIO3. The van der Waals surface area contributed by atoms with Crippen LogP contribution in [-0.2, 0) is 6.61 Å². The lowest BCUT2D eigenvalue weighted by atomic mass is 10.2. The molecule has 3 nitrogen and oxygen atoms in total. The van der Waals surface area contributed by atoms with Crippen LogP contribution in [0.2, 0.25) is 5.02 Å². The van der Waals surface area contributed by atoms with E-state index in [9.17, 15) is 9.18 Å². The summed E-state index contributed by atoms with van der Waals surface area (Å²) in [7, 11) is 0. The van der Waals surface area contributed by atoms with Crippen molar-refractivity contribution in [1.82, 2.24) is 0 Å². The van der Waals surface area contributed by atoms with Crippen LogP contribution in [0, 0.1) is 9.39 Å². The van der Waals surface area contributed by atoms with Crippen molar-refractivity contribution in [3.05, 3.63) is 61.9 Å². The fourth-order valence-electron chi connectivity index (χ4n) is 1.57. The summed E-state index contributed by atoms with van der Waals surface area (Å²) in [6.45, 7) is -0.0649. The summed E-state index contributed by atoms with van der Waals surface area (Å²) in [4.78, 5) is 10.9. The quantitative estimate of drug-likeness (QED) is 0.768. The Morgan fingerprint density at radius 1 is 1.35 bits per heavy atom. The lowest BCUT2D eigenvalue weighted by Gasteiger charge is -2.11. The topological polar surface area (TPSA) is 46.5 Å². The van der Waals surface area contributed by atoms with Gasteiger partial charge in [0.25, 0.3) is 0 Å². The Balaban J connectivity index is 2.23. The number of carbonyl (C=O) groups is 1. The van der Waals surface area contributed by atoms with Crippen molar-refractivity contribution in [2.45, 2.75) is 6.61 Å². The summed E-state index contributed by atoms with van der Waals surface area (Å²) in [5.74, 6) is -1.12. The predicted octanol–water partition coefficient (Wildman–Crippen LogP) is 4.36. The van der Waals surface area contributed by atoms with Gasteiger partial charge in [0.2, 0.25) is 0 Å². The summed E-state index contributed by atoms with van der Waals surface area (Å²) in [5, 5.41) is 9.21. The van der Waals surface area contributed by atoms with Crippen LogP contribution in [0.3, 0.4) is 0 Å². The maximum absolute atomic E-state index is 13.6. The molecule has 1 N–H and O–H groups in total. The molecule has 0 atom stereocenters. The number of hydrogen-bond donors (Lipinski definition) is 1. The van der Waals surface area contributed by atoms with E-state index in [-0.39, 0.29) is 22.8 Å². The maximum Gasteiger partial charge on any atom is 0.335 e. The number of ether oxygens (including phenoxy) is 1. The van der Waals surface area contributed by atoms with E-state index in [4.69, 9.17) is 21.4 Å². The number of rotatable bonds is 4. The third-order valence-corrected chi connectivity index (χ3v) is 3.86. The molecular weight excluding hydrogens is 398 g/mol. The predicted molar refractivity (Wildman–Crippen MR) is 81.9 cm³/mol. The zero-order valence-corrected chi connectivity index (χ0v) is 13.0. The summed E-state index contributed by atoms with van der Waals surface area (Å²) >= 11 is 7.92. The fraction of sp³-hybridized carbons (Fsp3) is 0.0714. The third kappa shape index (κ3) is 3.40. The average molecular weight is 407 g/mol. The molecule has 0 spiro atoms. The highest BCUT2D eigenvalue weighted by molar-refractivity contribution is 14.1. The van der Waals surface area contributed by atoms with Crippen LogP contribution < -0.4 is 4.74 Å². The van der Waals surface area contributed by atoms with E-state index in [1.54, 1.807) is 12.1 Å². The van der Waals surface area contributed by atoms with Gasteiger partial charge in [-0.25, -0.2) is 9.18 Å². The molecule has 0 saturated carbocycles. The Hall–Kier alpha value is -1.34. The second-order valence-corrected chi connectivity index (χ2v) is 5.51. The first-order valence-electron chi connectivity index (χ1n) is 5.57. The summed E-state index contributed by atoms with van der Waals surface area (Å²) in [6, 6.07) is 8.88. The van der Waals surface area contributed by atoms with Gasteiger partial charge in [-0.2, -0.15) is 0 Å². The Morgan fingerprint density at radius 2 is 2.10 bits per heavy atom. The minimum Gasteiger partial charge on any atom is -0.488 e. The minimum absolute atomic E-state index is 0.0649. The third-order valence-electron chi connectivity index (χ3n) is 2.61. The first-order chi connectivity index (χ1) is 9.49. The first-order valence-corrected chi connectivity index (χ1v) is 7.03. The summed E-state index contributed by atoms with van der Waals surface area (Å²) in [6.07, 6.45) is 0. The van der Waals surface area contributed by atoms with Gasteiger partial charge in [0, 0.05) is 5.56 Å². The maximum atomic E-state index is 13.6. The van der Waals surface area contributed by atoms with E-state index in [2.05, 4.69) is 0 Å². The summed E-state index contributed by atoms with van der Waals surface area (Å²) < 4.78 is 19.8. The highest BCUT2D eigenvalue weighted by Crippen LogP contribution is 2.26. The molecule has 0 heterocycles. The lowest BCUT2D eigenvalue weighted by molar-refractivity contribution is 0.0696. The number of aromatic carboxylic acids is 1. The van der Waals surface area contributed by atoms with Crippen molar-refractivity contribution in [2.75, 3.05) is 0 Å². The van der Waals surface area contributed by atoms with E-state index in [1.807, 2.05) is 22.6 Å². The standard InChI is InChI=1S/C14H9ClFIO3/c15-10-2-1-3-11(16)9(10)7-20-13-6-8(14(18)19)4-5-12(13)17/h1-6H,7H2,(H,18,19). The van der Waals surface area contributed by atoms with Crippen molar-refractivity contribution < 1.29 is 19.0 Å². The molecule has 6 heteroatoms. The van der Waals surface area contributed by atoms with E-state index in [0.717, 1.165) is 3.57 Å². The molecule has 0 fully saturated rings. The van der Waals surface area contributed by atoms with Crippen molar-refractivity contribution in [1.29, 1.82) is 0 Å². The zero-order chi connectivity index (χ0) is 14.7. The van der Waals surface area contributed by atoms with Crippen LogP contribution in [0.15, 0.2) is 36.4 Å². The molecule has 0 aliphatic heterocycles. The van der Waals surface area contributed by atoms with Crippen molar-refractivity contribution in [3.63, 3.8) is 0 Å². The van der Waals surface area contributed by atoms with Gasteiger partial charge in [-0.3, -0.25) is 0 Å². The molecule has 0 aromatic heterocycles. The molecule has 0 unspecified atom stereocenters.